The molecule has 1 aliphatic heterocycles. The van der Waals surface area contributed by atoms with Crippen molar-refractivity contribution in [1.82, 2.24) is 20.2 Å². The molecular formula is C26H22FN5O4S. The van der Waals surface area contributed by atoms with Gasteiger partial charge in [-0.05, 0) is 42.7 Å². The number of nitrogens with one attached hydrogen (secondary N) is 2. The number of hydrogen-bond acceptors (Lipinski definition) is 7. The number of rotatable bonds is 7. The number of carbonyl (C=O) groups is 2. The maximum atomic E-state index is 14.8. The lowest BCUT2D eigenvalue weighted by molar-refractivity contribution is 0.157. The number of halogens is 1. The van der Waals surface area contributed by atoms with Crippen LogP contribution < -0.4 is 15.4 Å². The molecule has 0 radical (unpaired) electrons. The van der Waals surface area contributed by atoms with Gasteiger partial charge in [-0.3, -0.25) is 9.97 Å². The van der Waals surface area contributed by atoms with Crippen molar-refractivity contribution >= 4 is 39.4 Å². The summed E-state index contributed by atoms with van der Waals surface area (Å²) in [5.41, 5.74) is 2.72. The van der Waals surface area contributed by atoms with E-state index in [9.17, 15) is 14.0 Å². The highest BCUT2D eigenvalue weighted by Crippen LogP contribution is 2.39. The summed E-state index contributed by atoms with van der Waals surface area (Å²) in [7, 11) is 0. The van der Waals surface area contributed by atoms with Crippen molar-refractivity contribution < 1.29 is 23.5 Å². The predicted molar refractivity (Wildman–Crippen MR) is 136 cm³/mol. The second-order valence-corrected chi connectivity index (χ2v) is 9.89. The van der Waals surface area contributed by atoms with Gasteiger partial charge in [0.15, 0.2) is 11.6 Å². The molecule has 3 aromatic heterocycles. The number of amides is 3. The van der Waals surface area contributed by atoms with Gasteiger partial charge in [0.05, 0.1) is 33.9 Å². The maximum absolute atomic E-state index is 14.8. The number of carbonyl (C=O) groups excluding carboxylic acids is 2. The average molecular weight is 520 g/mol. The minimum Gasteiger partial charge on any atom is -0.453 e. The van der Waals surface area contributed by atoms with Gasteiger partial charge in [-0.2, -0.15) is 0 Å². The van der Waals surface area contributed by atoms with Crippen molar-refractivity contribution in [2.24, 2.45) is 0 Å². The van der Waals surface area contributed by atoms with Gasteiger partial charge in [0.2, 0.25) is 0 Å². The first-order valence-corrected chi connectivity index (χ1v) is 12.6. The summed E-state index contributed by atoms with van der Waals surface area (Å²) >= 11 is 1.44. The molecule has 1 saturated heterocycles. The molecule has 4 aromatic rings. The highest BCUT2D eigenvalue weighted by Gasteiger charge is 2.24. The fraction of sp³-hybridized carbons (Fsp3) is 0.231. The molecule has 3 amide bonds. The summed E-state index contributed by atoms with van der Waals surface area (Å²) in [5.74, 6) is -0.0832. The Kier molecular flexibility index (Phi) is 6.05. The van der Waals surface area contributed by atoms with Crippen LogP contribution in [0.1, 0.15) is 18.4 Å². The smallest absolute Gasteiger partial charge is 0.410 e. The van der Waals surface area contributed by atoms with Crippen LogP contribution in [0.5, 0.6) is 11.5 Å². The van der Waals surface area contributed by atoms with Crippen LogP contribution in [0.2, 0.25) is 0 Å². The summed E-state index contributed by atoms with van der Waals surface area (Å²) in [5, 5.41) is 5.43. The van der Waals surface area contributed by atoms with Crippen LogP contribution in [-0.4, -0.2) is 46.2 Å². The first-order valence-electron chi connectivity index (χ1n) is 11.8. The van der Waals surface area contributed by atoms with Crippen molar-refractivity contribution in [3.63, 3.8) is 0 Å². The number of benzene rings is 1. The molecule has 188 valence electrons. The van der Waals surface area contributed by atoms with Crippen LogP contribution in [0.3, 0.4) is 0 Å². The third kappa shape index (κ3) is 5.17. The first-order chi connectivity index (χ1) is 18.0. The lowest BCUT2D eigenvalue weighted by atomic mass is 10.2. The largest absolute Gasteiger partial charge is 0.453 e. The van der Waals surface area contributed by atoms with Crippen molar-refractivity contribution in [3.8, 4) is 22.1 Å². The number of nitrogens with zero attached hydrogens (tertiary/aromatic N) is 3. The quantitative estimate of drug-likeness (QED) is 0.333. The topological polar surface area (TPSA) is 106 Å². The fourth-order valence-corrected chi connectivity index (χ4v) is 4.98. The van der Waals surface area contributed by atoms with Crippen LogP contribution in [0.15, 0.2) is 54.9 Å². The molecule has 6 rings (SSSR count). The van der Waals surface area contributed by atoms with Crippen molar-refractivity contribution in [2.75, 3.05) is 18.5 Å². The second-order valence-electron chi connectivity index (χ2n) is 8.84. The Labute approximate surface area is 215 Å². The monoisotopic (exact) mass is 519 g/mol. The lowest BCUT2D eigenvalue weighted by Crippen LogP contribution is -2.30. The van der Waals surface area contributed by atoms with E-state index in [0.717, 1.165) is 33.7 Å². The summed E-state index contributed by atoms with van der Waals surface area (Å²) < 4.78 is 26.4. The number of aromatic nitrogens is 2. The lowest BCUT2D eigenvalue weighted by Gasteiger charge is -2.12. The van der Waals surface area contributed by atoms with Gasteiger partial charge in [0.1, 0.15) is 12.4 Å². The molecule has 11 heteroatoms. The number of ether oxygens (including phenoxy) is 2. The highest BCUT2D eigenvalue weighted by atomic mass is 32.1. The zero-order valence-electron chi connectivity index (χ0n) is 19.6. The van der Waals surface area contributed by atoms with E-state index < -0.39 is 5.82 Å². The van der Waals surface area contributed by atoms with E-state index in [0.29, 0.717) is 36.6 Å². The molecule has 1 saturated carbocycles. The van der Waals surface area contributed by atoms with E-state index in [-0.39, 0.29) is 23.9 Å². The minimum atomic E-state index is -0.592. The number of pyridine rings is 2. The van der Waals surface area contributed by atoms with E-state index in [1.807, 2.05) is 18.2 Å². The molecule has 0 bridgehead atoms. The molecule has 37 heavy (non-hydrogen) atoms. The molecule has 4 heterocycles. The zero-order chi connectivity index (χ0) is 25.4. The van der Waals surface area contributed by atoms with Gasteiger partial charge in [-0.15, -0.1) is 11.3 Å². The number of hydrogen-bond donors (Lipinski definition) is 2. The molecule has 0 atom stereocenters. The van der Waals surface area contributed by atoms with Gasteiger partial charge >= 0.3 is 12.1 Å². The van der Waals surface area contributed by atoms with Crippen LogP contribution in [0, 0.1) is 5.82 Å². The average Bonchev–Trinajstić information content (AvgIpc) is 3.43. The summed E-state index contributed by atoms with van der Waals surface area (Å²) in [6.45, 7) is 1.43. The van der Waals surface area contributed by atoms with Gasteiger partial charge in [-0.1, -0.05) is 6.07 Å². The Morgan fingerprint density at radius 3 is 2.78 bits per heavy atom. The molecule has 2 aliphatic rings. The Hall–Kier alpha value is -4.25. The predicted octanol–water partition coefficient (Wildman–Crippen LogP) is 5.53. The van der Waals surface area contributed by atoms with Gasteiger partial charge in [0.25, 0.3) is 0 Å². The molecule has 0 unspecified atom stereocenters. The Morgan fingerprint density at radius 2 is 2.05 bits per heavy atom. The van der Waals surface area contributed by atoms with E-state index in [2.05, 4.69) is 20.6 Å². The van der Waals surface area contributed by atoms with Crippen molar-refractivity contribution in [3.05, 3.63) is 66.2 Å². The third-order valence-corrected chi connectivity index (χ3v) is 7.15. The van der Waals surface area contributed by atoms with E-state index in [4.69, 9.17) is 9.47 Å². The Bertz CT molecular complexity index is 1490. The summed E-state index contributed by atoms with van der Waals surface area (Å²) in [6.07, 6.45) is 4.98. The Morgan fingerprint density at radius 1 is 1.16 bits per heavy atom. The molecule has 1 aliphatic carbocycles. The van der Waals surface area contributed by atoms with Gasteiger partial charge in [-0.25, -0.2) is 14.0 Å². The fourth-order valence-electron chi connectivity index (χ4n) is 3.93. The number of thiophene rings is 1. The van der Waals surface area contributed by atoms with Crippen LogP contribution in [-0.2, 0) is 11.3 Å². The van der Waals surface area contributed by atoms with Crippen LogP contribution >= 0.6 is 11.3 Å². The van der Waals surface area contributed by atoms with Gasteiger partial charge < -0.3 is 25.0 Å². The van der Waals surface area contributed by atoms with E-state index in [1.165, 1.54) is 23.5 Å². The minimum absolute atomic E-state index is 0.0403. The zero-order valence-corrected chi connectivity index (χ0v) is 20.4. The third-order valence-electron chi connectivity index (χ3n) is 5.99. The molecular weight excluding hydrogens is 497 g/mol. The molecule has 0 spiro atoms. The number of anilines is 1. The van der Waals surface area contributed by atoms with Crippen LogP contribution in [0.25, 0.3) is 20.8 Å². The van der Waals surface area contributed by atoms with Crippen molar-refractivity contribution in [1.29, 1.82) is 0 Å². The highest BCUT2D eigenvalue weighted by molar-refractivity contribution is 7.22. The van der Waals surface area contributed by atoms with Gasteiger partial charge in [0, 0.05) is 36.3 Å². The summed E-state index contributed by atoms with van der Waals surface area (Å²) in [6, 6.07) is 11.6. The molecule has 9 nitrogen and oxygen atoms in total. The summed E-state index contributed by atoms with van der Waals surface area (Å²) in [4.78, 5) is 35.1. The molecule has 2 fully saturated rings. The molecule has 2 N–H and O–H groups in total. The van der Waals surface area contributed by atoms with E-state index >= 15 is 0 Å². The maximum Gasteiger partial charge on any atom is 0.410 e. The first kappa shape index (κ1) is 23.2. The Balaban J connectivity index is 1.18. The van der Waals surface area contributed by atoms with E-state index in [1.54, 1.807) is 29.4 Å². The standard InChI is InChI=1S/C26H22FN5O4S/c27-18-11-17(31-25(33)30-16-2-3-16)4-6-21(18)36-22-7-8-28-20-12-23(37-24(20)22)19-5-1-15(13-29-19)14-32-9-10-35-26(32)34/h1,4-8,11-13,16H,2-3,9-10,14H2,(H2,30,31,33). The number of cyclic esters (lactones) is 1. The number of urea groups is 1. The van der Waals surface area contributed by atoms with Crippen molar-refractivity contribution in [2.45, 2.75) is 25.4 Å². The second kappa shape index (κ2) is 9.66. The number of fused-ring (bicyclic) bond motifs is 1. The van der Waals surface area contributed by atoms with Crippen LogP contribution in [0.4, 0.5) is 19.7 Å². The normalized spacial score (nSPS) is 15.1. The molecule has 1 aromatic carbocycles. The SMILES string of the molecule is O=C(Nc1ccc(Oc2ccnc3cc(-c4ccc(CN5CCOC5=O)cn4)sc23)c(F)c1)NC1CC1.